The van der Waals surface area contributed by atoms with Gasteiger partial charge in [-0.1, -0.05) is 78.1 Å². The van der Waals surface area contributed by atoms with E-state index in [9.17, 15) is 4.79 Å². The number of hydrogen-bond acceptors (Lipinski definition) is 2. The van der Waals surface area contributed by atoms with E-state index < -0.39 is 0 Å². The molecule has 1 amide bonds. The van der Waals surface area contributed by atoms with Crippen LogP contribution in [0.3, 0.4) is 0 Å². The van der Waals surface area contributed by atoms with Gasteiger partial charge in [0, 0.05) is 19.5 Å². The molecular weight excluding hydrogens is 296 g/mol. The lowest BCUT2D eigenvalue weighted by Crippen LogP contribution is -2.32. The fraction of sp³-hybridized carbons (Fsp3) is 0.952. The summed E-state index contributed by atoms with van der Waals surface area (Å²) in [6.07, 6.45) is 18.2. The topological polar surface area (TPSA) is 46.3 Å². The lowest BCUT2D eigenvalue weighted by molar-refractivity contribution is -0.131. The fourth-order valence-electron chi connectivity index (χ4n) is 3.05. The van der Waals surface area contributed by atoms with Crippen molar-refractivity contribution in [3.05, 3.63) is 0 Å². The Kier molecular flexibility index (Phi) is 18.3. The first-order valence-electron chi connectivity index (χ1n) is 10.7. The molecule has 0 radical (unpaired) electrons. The first-order valence-corrected chi connectivity index (χ1v) is 10.7. The summed E-state index contributed by atoms with van der Waals surface area (Å²) in [5.41, 5.74) is 5.50. The summed E-state index contributed by atoms with van der Waals surface area (Å²) in [7, 11) is 0. The van der Waals surface area contributed by atoms with Crippen molar-refractivity contribution in [2.45, 2.75) is 110 Å². The SMILES string of the molecule is CCCCN(CCCC)C(=O)CCCCCCCCCCCCN. The minimum Gasteiger partial charge on any atom is -0.343 e. The van der Waals surface area contributed by atoms with Gasteiger partial charge < -0.3 is 10.6 Å². The van der Waals surface area contributed by atoms with Crippen LogP contribution in [-0.2, 0) is 4.79 Å². The van der Waals surface area contributed by atoms with Gasteiger partial charge in [-0.15, -0.1) is 0 Å². The third-order valence-corrected chi connectivity index (χ3v) is 4.76. The number of unbranched alkanes of at least 4 members (excludes halogenated alkanes) is 11. The second-order valence-electron chi connectivity index (χ2n) is 7.16. The van der Waals surface area contributed by atoms with E-state index in [4.69, 9.17) is 5.73 Å². The van der Waals surface area contributed by atoms with E-state index in [-0.39, 0.29) is 0 Å². The van der Waals surface area contributed by atoms with Crippen LogP contribution in [-0.4, -0.2) is 30.4 Å². The summed E-state index contributed by atoms with van der Waals surface area (Å²) >= 11 is 0. The van der Waals surface area contributed by atoms with Crippen molar-refractivity contribution >= 4 is 5.91 Å². The van der Waals surface area contributed by atoms with Gasteiger partial charge in [0.1, 0.15) is 0 Å². The summed E-state index contributed by atoms with van der Waals surface area (Å²) < 4.78 is 0. The summed E-state index contributed by atoms with van der Waals surface area (Å²) in [6.45, 7) is 7.15. The second kappa shape index (κ2) is 18.8. The summed E-state index contributed by atoms with van der Waals surface area (Å²) in [5, 5.41) is 0. The first-order chi connectivity index (χ1) is 11.8. The Morgan fingerprint density at radius 3 is 1.50 bits per heavy atom. The van der Waals surface area contributed by atoms with Gasteiger partial charge >= 0.3 is 0 Å². The maximum Gasteiger partial charge on any atom is 0.222 e. The molecule has 0 fully saturated rings. The predicted molar refractivity (Wildman–Crippen MR) is 106 cm³/mol. The van der Waals surface area contributed by atoms with Crippen molar-refractivity contribution in [2.75, 3.05) is 19.6 Å². The highest BCUT2D eigenvalue weighted by Gasteiger charge is 2.11. The van der Waals surface area contributed by atoms with Crippen LogP contribution in [0.1, 0.15) is 110 Å². The van der Waals surface area contributed by atoms with Crippen LogP contribution in [0.5, 0.6) is 0 Å². The quantitative estimate of drug-likeness (QED) is 0.327. The molecule has 24 heavy (non-hydrogen) atoms. The zero-order valence-electron chi connectivity index (χ0n) is 16.7. The van der Waals surface area contributed by atoms with Crippen LogP contribution in [0, 0.1) is 0 Å². The lowest BCUT2D eigenvalue weighted by atomic mass is 10.1. The van der Waals surface area contributed by atoms with E-state index in [2.05, 4.69) is 18.7 Å². The Bertz CT molecular complexity index is 261. The molecule has 0 aromatic heterocycles. The zero-order valence-corrected chi connectivity index (χ0v) is 16.7. The molecule has 0 aliphatic heterocycles. The number of nitrogens with zero attached hydrogens (tertiary/aromatic N) is 1. The first kappa shape index (κ1) is 23.4. The van der Waals surface area contributed by atoms with Gasteiger partial charge in [0.15, 0.2) is 0 Å². The van der Waals surface area contributed by atoms with Crippen LogP contribution in [0.25, 0.3) is 0 Å². The molecule has 0 aromatic carbocycles. The van der Waals surface area contributed by atoms with E-state index in [0.29, 0.717) is 5.91 Å². The molecule has 0 saturated heterocycles. The van der Waals surface area contributed by atoms with Crippen molar-refractivity contribution in [1.29, 1.82) is 0 Å². The van der Waals surface area contributed by atoms with Crippen molar-refractivity contribution in [3.8, 4) is 0 Å². The smallest absolute Gasteiger partial charge is 0.222 e. The molecule has 0 bridgehead atoms. The molecule has 0 aliphatic carbocycles. The zero-order chi connectivity index (χ0) is 17.9. The Balaban J connectivity index is 3.53. The van der Waals surface area contributed by atoms with Crippen LogP contribution in [0.15, 0.2) is 0 Å². The highest BCUT2D eigenvalue weighted by atomic mass is 16.2. The molecule has 0 atom stereocenters. The maximum absolute atomic E-state index is 12.3. The second-order valence-corrected chi connectivity index (χ2v) is 7.16. The number of carbonyl (C=O) groups is 1. The van der Waals surface area contributed by atoms with E-state index in [0.717, 1.165) is 45.3 Å². The predicted octanol–water partition coefficient (Wildman–Crippen LogP) is 5.67. The van der Waals surface area contributed by atoms with Crippen molar-refractivity contribution in [2.24, 2.45) is 5.73 Å². The van der Waals surface area contributed by atoms with Gasteiger partial charge in [-0.2, -0.15) is 0 Å². The van der Waals surface area contributed by atoms with Crippen LogP contribution in [0.4, 0.5) is 0 Å². The van der Waals surface area contributed by atoms with Crippen molar-refractivity contribution in [3.63, 3.8) is 0 Å². The highest BCUT2D eigenvalue weighted by Crippen LogP contribution is 2.12. The molecule has 0 unspecified atom stereocenters. The molecule has 0 aromatic rings. The Labute approximate surface area is 151 Å². The monoisotopic (exact) mass is 340 g/mol. The van der Waals surface area contributed by atoms with Crippen LogP contribution >= 0.6 is 0 Å². The average molecular weight is 341 g/mol. The highest BCUT2D eigenvalue weighted by molar-refractivity contribution is 5.76. The van der Waals surface area contributed by atoms with Gasteiger partial charge in [0.05, 0.1) is 0 Å². The molecule has 0 spiro atoms. The van der Waals surface area contributed by atoms with Crippen molar-refractivity contribution < 1.29 is 4.79 Å². The van der Waals surface area contributed by atoms with Gasteiger partial charge in [-0.05, 0) is 32.2 Å². The van der Waals surface area contributed by atoms with Crippen molar-refractivity contribution in [1.82, 2.24) is 4.90 Å². The van der Waals surface area contributed by atoms with Gasteiger partial charge in [-0.25, -0.2) is 0 Å². The number of carbonyl (C=O) groups excluding carboxylic acids is 1. The summed E-state index contributed by atoms with van der Waals surface area (Å²) in [6, 6.07) is 0. The molecule has 3 nitrogen and oxygen atoms in total. The van der Waals surface area contributed by atoms with E-state index in [1.807, 2.05) is 0 Å². The lowest BCUT2D eigenvalue weighted by Gasteiger charge is -2.22. The molecule has 2 N–H and O–H groups in total. The van der Waals surface area contributed by atoms with Gasteiger partial charge in [-0.3, -0.25) is 4.79 Å². The summed E-state index contributed by atoms with van der Waals surface area (Å²) in [4.78, 5) is 14.4. The van der Waals surface area contributed by atoms with Crippen LogP contribution in [0.2, 0.25) is 0 Å². The minimum absolute atomic E-state index is 0.386. The molecular formula is C21H44N2O. The number of amides is 1. The Morgan fingerprint density at radius 1 is 0.667 bits per heavy atom. The molecule has 3 heteroatoms. The maximum atomic E-state index is 12.3. The normalized spacial score (nSPS) is 11.0. The minimum atomic E-state index is 0.386. The number of hydrogen-bond donors (Lipinski definition) is 1. The molecule has 0 aliphatic rings. The molecule has 144 valence electrons. The standard InChI is InChI=1S/C21H44N2O/c1-3-5-19-23(20-6-4-2)21(24)17-15-13-11-9-7-8-10-12-14-16-18-22/h3-20,22H2,1-2H3. The largest absolute Gasteiger partial charge is 0.343 e. The number of nitrogens with two attached hydrogens (primary N) is 1. The van der Waals surface area contributed by atoms with E-state index in [1.54, 1.807) is 0 Å². The van der Waals surface area contributed by atoms with Crippen LogP contribution < -0.4 is 5.73 Å². The molecule has 0 rings (SSSR count). The number of rotatable bonds is 18. The van der Waals surface area contributed by atoms with E-state index >= 15 is 0 Å². The summed E-state index contributed by atoms with van der Waals surface area (Å²) in [5.74, 6) is 0.386. The Morgan fingerprint density at radius 2 is 1.08 bits per heavy atom. The third-order valence-electron chi connectivity index (χ3n) is 4.76. The Hall–Kier alpha value is -0.570. The van der Waals surface area contributed by atoms with E-state index in [1.165, 1.54) is 70.6 Å². The fourth-order valence-corrected chi connectivity index (χ4v) is 3.05. The molecule has 0 saturated carbocycles. The van der Waals surface area contributed by atoms with Gasteiger partial charge in [0.2, 0.25) is 5.91 Å². The average Bonchev–Trinajstić information content (AvgIpc) is 2.59. The van der Waals surface area contributed by atoms with Gasteiger partial charge in [0.25, 0.3) is 0 Å². The third kappa shape index (κ3) is 15.0. The molecule has 0 heterocycles.